The summed E-state index contributed by atoms with van der Waals surface area (Å²) in [5.74, 6) is 0.257. The Morgan fingerprint density at radius 1 is 1.33 bits per heavy atom. The van der Waals surface area contributed by atoms with E-state index in [1.807, 2.05) is 0 Å². The van der Waals surface area contributed by atoms with Crippen LogP contribution in [0.4, 0.5) is 0 Å². The lowest BCUT2D eigenvalue weighted by Gasteiger charge is -1.99. The quantitative estimate of drug-likeness (QED) is 0.452. The molecule has 0 amide bonds. The Morgan fingerprint density at radius 2 is 2.22 bits per heavy atom. The normalized spacial score (nSPS) is 22.6. The first-order valence-corrected chi connectivity index (χ1v) is 3.66. The highest BCUT2D eigenvalue weighted by Gasteiger charge is 2.09. The van der Waals surface area contributed by atoms with Crippen LogP contribution in [0.3, 0.4) is 0 Å². The minimum Gasteiger partial charge on any atom is -0.198 e. The Labute approximate surface area is 56.7 Å². The minimum atomic E-state index is 0.257. The van der Waals surface area contributed by atoms with E-state index in [1.54, 1.807) is 0 Å². The second-order valence-corrected chi connectivity index (χ2v) is 2.61. The van der Waals surface area contributed by atoms with Crippen LogP contribution in [0.25, 0.3) is 0 Å². The largest absolute Gasteiger partial charge is 0.198 e. The Bertz CT molecular complexity index is 104. The van der Waals surface area contributed by atoms with Crippen LogP contribution >= 0.6 is 0 Å². The molecule has 0 aromatic rings. The van der Waals surface area contributed by atoms with Crippen molar-refractivity contribution in [2.75, 3.05) is 0 Å². The van der Waals surface area contributed by atoms with Gasteiger partial charge in [0.25, 0.3) is 0 Å². The Kier molecular flexibility index (Phi) is 2.57. The van der Waals surface area contributed by atoms with E-state index in [0.29, 0.717) is 0 Å². The molecule has 1 heteroatoms. The van der Waals surface area contributed by atoms with Crippen LogP contribution in [0.15, 0.2) is 0 Å². The highest BCUT2D eigenvalue weighted by molar-refractivity contribution is 4.94. The number of rotatable bonds is 0. The summed E-state index contributed by atoms with van der Waals surface area (Å²) in [5, 5.41) is 8.53. The number of hydrogen-bond donors (Lipinski definition) is 0. The molecule has 0 aromatic heterocycles. The molecule has 0 saturated heterocycles. The summed E-state index contributed by atoms with van der Waals surface area (Å²) in [7, 11) is 0. The van der Waals surface area contributed by atoms with Crippen LogP contribution in [0.1, 0.15) is 32.1 Å². The second-order valence-electron chi connectivity index (χ2n) is 2.61. The van der Waals surface area contributed by atoms with Crippen LogP contribution in [0, 0.1) is 23.7 Å². The lowest BCUT2D eigenvalue weighted by atomic mass is 10.0. The molecule has 1 atom stereocenters. The molecule has 1 saturated carbocycles. The van der Waals surface area contributed by atoms with Gasteiger partial charge >= 0.3 is 0 Å². The number of nitrogens with zero attached hydrogens (tertiary/aromatic N) is 1. The van der Waals surface area contributed by atoms with Crippen LogP contribution in [-0.4, -0.2) is 0 Å². The molecule has 9 heavy (non-hydrogen) atoms. The number of hydrogen-bond acceptors (Lipinski definition) is 1. The predicted molar refractivity (Wildman–Crippen MR) is 36.5 cm³/mol. The molecule has 1 fully saturated rings. The zero-order chi connectivity index (χ0) is 6.53. The molecule has 0 aliphatic heterocycles. The van der Waals surface area contributed by atoms with Crippen LogP contribution in [-0.2, 0) is 0 Å². The maximum absolute atomic E-state index is 8.53. The Balaban J connectivity index is 2.29. The third kappa shape index (κ3) is 2.05. The molecule has 1 aliphatic carbocycles. The molecule has 0 spiro atoms. The molecule has 1 aliphatic rings. The third-order valence-electron chi connectivity index (χ3n) is 1.84. The van der Waals surface area contributed by atoms with Crippen LogP contribution < -0.4 is 0 Å². The first-order valence-electron chi connectivity index (χ1n) is 3.66. The fourth-order valence-corrected chi connectivity index (χ4v) is 1.24. The fraction of sp³-hybridized carbons (Fsp3) is 0.750. The van der Waals surface area contributed by atoms with E-state index in [1.165, 1.54) is 19.3 Å². The maximum atomic E-state index is 8.53. The average molecular weight is 122 g/mol. The zero-order valence-electron chi connectivity index (χ0n) is 5.64. The van der Waals surface area contributed by atoms with Crippen LogP contribution in [0.2, 0.25) is 0 Å². The molecular formula is C8H12N. The first-order chi connectivity index (χ1) is 4.43. The molecule has 0 heterocycles. The van der Waals surface area contributed by atoms with E-state index in [4.69, 9.17) is 5.26 Å². The molecule has 49 valence electrons. The topological polar surface area (TPSA) is 23.8 Å². The van der Waals surface area contributed by atoms with Gasteiger partial charge in [-0.05, 0) is 19.3 Å². The van der Waals surface area contributed by atoms with E-state index in [9.17, 15) is 0 Å². The Morgan fingerprint density at radius 3 is 3.00 bits per heavy atom. The van der Waals surface area contributed by atoms with E-state index >= 15 is 0 Å². The van der Waals surface area contributed by atoms with Gasteiger partial charge in [0.1, 0.15) is 0 Å². The standard InChI is InChI=1S/C8H12N/c9-7-8-5-3-1-2-4-6-8/h5,8H,1-4,6H2. The summed E-state index contributed by atoms with van der Waals surface area (Å²) >= 11 is 0. The van der Waals surface area contributed by atoms with Crippen molar-refractivity contribution >= 4 is 0 Å². The lowest BCUT2D eigenvalue weighted by molar-refractivity contribution is 0.648. The fourth-order valence-electron chi connectivity index (χ4n) is 1.24. The maximum Gasteiger partial charge on any atom is 0.0658 e. The highest BCUT2D eigenvalue weighted by atomic mass is 14.3. The van der Waals surface area contributed by atoms with Crippen molar-refractivity contribution in [3.8, 4) is 6.07 Å². The van der Waals surface area contributed by atoms with E-state index in [2.05, 4.69) is 12.5 Å². The molecule has 0 bridgehead atoms. The van der Waals surface area contributed by atoms with E-state index in [0.717, 1.165) is 12.8 Å². The van der Waals surface area contributed by atoms with Gasteiger partial charge in [-0.2, -0.15) is 5.26 Å². The van der Waals surface area contributed by atoms with E-state index in [-0.39, 0.29) is 5.92 Å². The molecule has 0 N–H and O–H groups in total. The molecule has 1 rings (SSSR count). The van der Waals surface area contributed by atoms with E-state index < -0.39 is 0 Å². The minimum absolute atomic E-state index is 0.257. The van der Waals surface area contributed by atoms with Crippen LogP contribution in [0.5, 0.6) is 0 Å². The molecule has 1 unspecified atom stereocenters. The van der Waals surface area contributed by atoms with Gasteiger partial charge in [0.2, 0.25) is 0 Å². The van der Waals surface area contributed by atoms with Crippen molar-refractivity contribution < 1.29 is 0 Å². The summed E-state index contributed by atoms with van der Waals surface area (Å²) in [6, 6.07) is 2.29. The van der Waals surface area contributed by atoms with Crippen molar-refractivity contribution in [2.45, 2.75) is 32.1 Å². The summed E-state index contributed by atoms with van der Waals surface area (Å²) in [6.45, 7) is 0. The van der Waals surface area contributed by atoms with Gasteiger partial charge in [0, 0.05) is 5.92 Å². The lowest BCUT2D eigenvalue weighted by Crippen LogP contribution is -1.93. The van der Waals surface area contributed by atoms with Crippen molar-refractivity contribution in [2.24, 2.45) is 5.92 Å². The monoisotopic (exact) mass is 122 g/mol. The summed E-state index contributed by atoms with van der Waals surface area (Å²) in [5.41, 5.74) is 0. The summed E-state index contributed by atoms with van der Waals surface area (Å²) in [4.78, 5) is 0. The molecule has 0 aromatic carbocycles. The predicted octanol–water partition coefficient (Wildman–Crippen LogP) is 2.29. The van der Waals surface area contributed by atoms with Crippen molar-refractivity contribution in [3.05, 3.63) is 6.42 Å². The van der Waals surface area contributed by atoms with Gasteiger partial charge in [-0.25, -0.2) is 0 Å². The van der Waals surface area contributed by atoms with Gasteiger partial charge in [-0.15, -0.1) is 0 Å². The van der Waals surface area contributed by atoms with Gasteiger partial charge in [-0.3, -0.25) is 0 Å². The SMILES string of the molecule is N#CC1[CH]CCCCC1. The van der Waals surface area contributed by atoms with Crippen molar-refractivity contribution in [1.82, 2.24) is 0 Å². The van der Waals surface area contributed by atoms with Gasteiger partial charge < -0.3 is 0 Å². The average Bonchev–Trinajstić information content (AvgIpc) is 2.13. The van der Waals surface area contributed by atoms with Gasteiger partial charge in [-0.1, -0.05) is 19.3 Å². The zero-order valence-corrected chi connectivity index (χ0v) is 5.64. The summed E-state index contributed by atoms with van der Waals surface area (Å²) < 4.78 is 0. The summed E-state index contributed by atoms with van der Waals surface area (Å²) in [6.07, 6.45) is 8.25. The molecular weight excluding hydrogens is 110 g/mol. The highest BCUT2D eigenvalue weighted by Crippen LogP contribution is 2.20. The Hall–Kier alpha value is -0.510. The second kappa shape index (κ2) is 3.50. The smallest absolute Gasteiger partial charge is 0.0658 e. The van der Waals surface area contributed by atoms with Crippen molar-refractivity contribution in [1.29, 1.82) is 5.26 Å². The molecule has 1 nitrogen and oxygen atoms in total. The molecule has 1 radical (unpaired) electrons. The van der Waals surface area contributed by atoms with Gasteiger partial charge in [0.05, 0.1) is 6.07 Å². The van der Waals surface area contributed by atoms with Crippen molar-refractivity contribution in [3.63, 3.8) is 0 Å². The third-order valence-corrected chi connectivity index (χ3v) is 1.84. The number of nitriles is 1. The first kappa shape index (κ1) is 6.61. The van der Waals surface area contributed by atoms with Gasteiger partial charge in [0.15, 0.2) is 0 Å².